The van der Waals surface area contributed by atoms with Crippen molar-refractivity contribution < 1.29 is 17.9 Å². The molecule has 1 aromatic carbocycles. The molecule has 0 radical (unpaired) electrons. The Labute approximate surface area is 170 Å². The Bertz CT molecular complexity index is 879. The fourth-order valence-electron chi connectivity index (χ4n) is 3.17. The van der Waals surface area contributed by atoms with Gasteiger partial charge in [-0.2, -0.15) is 4.31 Å². The highest BCUT2D eigenvalue weighted by Gasteiger charge is 2.34. The van der Waals surface area contributed by atoms with Crippen molar-refractivity contribution in [2.75, 3.05) is 19.7 Å². The van der Waals surface area contributed by atoms with E-state index in [4.69, 9.17) is 4.74 Å². The number of carbonyl (C=O) groups excluding carboxylic acids is 1. The SMILES string of the molecule is Cc1ccc(OC[C@H](C)NC(=O)[C@H]2CCCN(S(=O)(=O)c3cccs3)C2)cc1. The number of nitrogens with zero attached hydrogens (tertiary/aromatic N) is 1. The van der Waals surface area contributed by atoms with Crippen molar-refractivity contribution in [2.45, 2.75) is 36.9 Å². The third-order valence-corrected chi connectivity index (χ3v) is 7.99. The first-order valence-electron chi connectivity index (χ1n) is 9.40. The first kappa shape index (κ1) is 20.8. The molecule has 3 rings (SSSR count). The molecule has 1 aliphatic heterocycles. The fraction of sp³-hybridized carbons (Fsp3) is 0.450. The maximum Gasteiger partial charge on any atom is 0.252 e. The number of amides is 1. The van der Waals surface area contributed by atoms with E-state index in [1.54, 1.807) is 17.5 Å². The van der Waals surface area contributed by atoms with Gasteiger partial charge in [0.25, 0.3) is 10.0 Å². The largest absolute Gasteiger partial charge is 0.491 e. The number of thiophene rings is 1. The van der Waals surface area contributed by atoms with E-state index < -0.39 is 10.0 Å². The molecule has 1 aliphatic rings. The topological polar surface area (TPSA) is 75.7 Å². The molecule has 0 unspecified atom stereocenters. The van der Waals surface area contributed by atoms with Crippen LogP contribution in [0.15, 0.2) is 46.0 Å². The van der Waals surface area contributed by atoms with E-state index in [2.05, 4.69) is 5.32 Å². The van der Waals surface area contributed by atoms with Crippen LogP contribution in [0, 0.1) is 12.8 Å². The van der Waals surface area contributed by atoms with Crippen molar-refractivity contribution in [3.63, 3.8) is 0 Å². The summed E-state index contributed by atoms with van der Waals surface area (Å²) in [5.41, 5.74) is 1.16. The molecule has 6 nitrogen and oxygen atoms in total. The van der Waals surface area contributed by atoms with E-state index in [1.165, 1.54) is 15.6 Å². The number of carbonyl (C=O) groups is 1. The minimum Gasteiger partial charge on any atom is -0.491 e. The van der Waals surface area contributed by atoms with Crippen LogP contribution >= 0.6 is 11.3 Å². The van der Waals surface area contributed by atoms with Gasteiger partial charge >= 0.3 is 0 Å². The smallest absolute Gasteiger partial charge is 0.252 e. The number of hydrogen-bond acceptors (Lipinski definition) is 5. The molecule has 1 saturated heterocycles. The van der Waals surface area contributed by atoms with Gasteiger partial charge in [0.1, 0.15) is 16.6 Å². The van der Waals surface area contributed by atoms with Crippen molar-refractivity contribution >= 4 is 27.3 Å². The van der Waals surface area contributed by atoms with Crippen LogP contribution in [0.25, 0.3) is 0 Å². The normalized spacial score (nSPS) is 19.1. The number of benzene rings is 1. The third kappa shape index (κ3) is 5.12. The fourth-order valence-corrected chi connectivity index (χ4v) is 5.84. The van der Waals surface area contributed by atoms with Crippen LogP contribution in [0.2, 0.25) is 0 Å². The number of ether oxygens (including phenoxy) is 1. The molecular weight excluding hydrogens is 396 g/mol. The summed E-state index contributed by atoms with van der Waals surface area (Å²) < 4.78 is 32.9. The summed E-state index contributed by atoms with van der Waals surface area (Å²) in [5.74, 6) is 0.300. The Morgan fingerprint density at radius 2 is 2.07 bits per heavy atom. The monoisotopic (exact) mass is 422 g/mol. The van der Waals surface area contributed by atoms with Gasteiger partial charge in [-0.1, -0.05) is 23.8 Å². The Morgan fingerprint density at radius 3 is 2.75 bits per heavy atom. The number of hydrogen-bond donors (Lipinski definition) is 1. The summed E-state index contributed by atoms with van der Waals surface area (Å²) in [4.78, 5) is 12.6. The second-order valence-corrected chi connectivity index (χ2v) is 10.3. The molecule has 0 bridgehead atoms. The van der Waals surface area contributed by atoms with Crippen molar-refractivity contribution in [3.05, 3.63) is 47.3 Å². The van der Waals surface area contributed by atoms with Gasteiger partial charge in [-0.15, -0.1) is 11.3 Å². The highest BCUT2D eigenvalue weighted by Crippen LogP contribution is 2.26. The maximum atomic E-state index is 12.7. The van der Waals surface area contributed by atoms with E-state index in [1.807, 2.05) is 38.1 Å². The molecule has 2 atom stereocenters. The number of nitrogens with one attached hydrogen (secondary N) is 1. The lowest BCUT2D eigenvalue weighted by Crippen LogP contribution is -2.47. The highest BCUT2D eigenvalue weighted by atomic mass is 32.2. The molecule has 1 N–H and O–H groups in total. The van der Waals surface area contributed by atoms with Gasteiger partial charge < -0.3 is 10.1 Å². The zero-order valence-electron chi connectivity index (χ0n) is 16.1. The van der Waals surface area contributed by atoms with E-state index in [9.17, 15) is 13.2 Å². The van der Waals surface area contributed by atoms with Gasteiger partial charge in [0.15, 0.2) is 0 Å². The average Bonchev–Trinajstić information content (AvgIpc) is 3.23. The maximum absolute atomic E-state index is 12.7. The number of aryl methyl sites for hydroxylation is 1. The van der Waals surface area contributed by atoms with E-state index in [0.29, 0.717) is 30.2 Å². The van der Waals surface area contributed by atoms with Crippen molar-refractivity contribution in [2.24, 2.45) is 5.92 Å². The van der Waals surface area contributed by atoms with Gasteiger partial charge in [-0.05, 0) is 50.3 Å². The minimum absolute atomic E-state index is 0.119. The molecule has 2 aromatic rings. The van der Waals surface area contributed by atoms with E-state index >= 15 is 0 Å². The predicted octanol–water partition coefficient (Wildman–Crippen LogP) is 3.04. The summed E-state index contributed by atoms with van der Waals surface area (Å²) in [6, 6.07) is 10.9. The summed E-state index contributed by atoms with van der Waals surface area (Å²) in [6.45, 7) is 4.93. The van der Waals surface area contributed by atoms with Crippen LogP contribution in [0.1, 0.15) is 25.3 Å². The Morgan fingerprint density at radius 1 is 1.32 bits per heavy atom. The van der Waals surface area contributed by atoms with Gasteiger partial charge in [-0.3, -0.25) is 4.79 Å². The summed E-state index contributed by atoms with van der Waals surface area (Å²) in [7, 11) is -3.52. The second-order valence-electron chi connectivity index (χ2n) is 7.17. The number of sulfonamides is 1. The summed E-state index contributed by atoms with van der Waals surface area (Å²) >= 11 is 1.20. The van der Waals surface area contributed by atoms with Gasteiger partial charge in [0.2, 0.25) is 5.91 Å². The van der Waals surface area contributed by atoms with Gasteiger partial charge in [0, 0.05) is 13.1 Å². The van der Waals surface area contributed by atoms with Crippen LogP contribution in [0.3, 0.4) is 0 Å². The average molecular weight is 423 g/mol. The van der Waals surface area contributed by atoms with Crippen molar-refractivity contribution in [1.29, 1.82) is 0 Å². The molecule has 0 saturated carbocycles. The molecule has 1 fully saturated rings. The molecule has 152 valence electrons. The lowest BCUT2D eigenvalue weighted by molar-refractivity contribution is -0.126. The van der Waals surface area contributed by atoms with Crippen LogP contribution in [-0.4, -0.2) is 44.4 Å². The van der Waals surface area contributed by atoms with Crippen LogP contribution in [0.5, 0.6) is 5.75 Å². The molecular formula is C20H26N2O4S2. The van der Waals surface area contributed by atoms with Crippen molar-refractivity contribution in [3.8, 4) is 5.75 Å². The number of piperidine rings is 1. The van der Waals surface area contributed by atoms with Crippen molar-refractivity contribution in [1.82, 2.24) is 9.62 Å². The molecule has 1 amide bonds. The Kier molecular flexibility index (Phi) is 6.74. The lowest BCUT2D eigenvalue weighted by atomic mass is 9.98. The van der Waals surface area contributed by atoms with Crippen LogP contribution in [0.4, 0.5) is 0 Å². The molecule has 1 aromatic heterocycles. The minimum atomic E-state index is -3.52. The Hall–Kier alpha value is -1.90. The zero-order chi connectivity index (χ0) is 20.1. The van der Waals surface area contributed by atoms with Crippen LogP contribution in [-0.2, 0) is 14.8 Å². The summed E-state index contributed by atoms with van der Waals surface area (Å²) in [5, 5.41) is 4.70. The molecule has 8 heteroatoms. The first-order valence-corrected chi connectivity index (χ1v) is 11.7. The van der Waals surface area contributed by atoms with Gasteiger partial charge in [-0.25, -0.2) is 8.42 Å². The molecule has 2 heterocycles. The van der Waals surface area contributed by atoms with Crippen LogP contribution < -0.4 is 10.1 Å². The molecule has 0 aliphatic carbocycles. The molecule has 0 spiro atoms. The standard InChI is InChI=1S/C20H26N2O4S2/c1-15-7-9-18(10-8-15)26-14-16(2)21-20(23)17-5-3-11-22(13-17)28(24,25)19-6-4-12-27-19/h4,6-10,12,16-17H,3,5,11,13-14H2,1-2H3,(H,21,23)/t16-,17-/m0/s1. The summed E-state index contributed by atoms with van der Waals surface area (Å²) in [6.07, 6.45) is 1.37. The van der Waals surface area contributed by atoms with Gasteiger partial charge in [0.05, 0.1) is 12.0 Å². The predicted molar refractivity (Wildman–Crippen MR) is 110 cm³/mol. The second kappa shape index (κ2) is 9.07. The zero-order valence-corrected chi connectivity index (χ0v) is 17.8. The third-order valence-electron chi connectivity index (χ3n) is 4.75. The van der Waals surface area contributed by atoms with E-state index in [-0.39, 0.29) is 24.4 Å². The number of rotatable bonds is 7. The molecule has 28 heavy (non-hydrogen) atoms. The Balaban J connectivity index is 1.53. The first-order chi connectivity index (χ1) is 13.4. The quantitative estimate of drug-likeness (QED) is 0.744. The highest BCUT2D eigenvalue weighted by molar-refractivity contribution is 7.91. The van der Waals surface area contributed by atoms with E-state index in [0.717, 1.165) is 11.3 Å². The lowest BCUT2D eigenvalue weighted by Gasteiger charge is -2.31.